The fourth-order valence-electron chi connectivity index (χ4n) is 3.56. The smallest absolute Gasteiger partial charge is 0.226 e. The SMILES string of the molecule is CCc1nn(-c2ccc(OC)cc2)c(Oc2ccc(F)cc2)c1CCC(=O)NCc1ccco1. The number of benzene rings is 2. The van der Waals surface area contributed by atoms with Crippen LogP contribution in [-0.4, -0.2) is 22.8 Å². The van der Waals surface area contributed by atoms with Crippen molar-refractivity contribution in [3.8, 4) is 23.1 Å². The summed E-state index contributed by atoms with van der Waals surface area (Å²) in [5.74, 6) is 1.92. The Morgan fingerprint density at radius 3 is 2.47 bits per heavy atom. The number of aromatic nitrogens is 2. The molecule has 4 rings (SSSR count). The Balaban J connectivity index is 1.61. The molecule has 176 valence electrons. The van der Waals surface area contributed by atoms with Gasteiger partial charge in [-0.2, -0.15) is 5.10 Å². The number of halogens is 1. The van der Waals surface area contributed by atoms with E-state index in [4.69, 9.17) is 19.0 Å². The summed E-state index contributed by atoms with van der Waals surface area (Å²) in [5, 5.41) is 7.63. The van der Waals surface area contributed by atoms with E-state index in [0.717, 1.165) is 22.7 Å². The summed E-state index contributed by atoms with van der Waals surface area (Å²) in [7, 11) is 1.61. The maximum absolute atomic E-state index is 13.4. The van der Waals surface area contributed by atoms with Gasteiger partial charge in [-0.25, -0.2) is 9.07 Å². The van der Waals surface area contributed by atoms with Gasteiger partial charge >= 0.3 is 0 Å². The number of furan rings is 1. The molecule has 1 amide bonds. The van der Waals surface area contributed by atoms with Crippen molar-refractivity contribution in [1.82, 2.24) is 15.1 Å². The number of methoxy groups -OCH3 is 1. The minimum atomic E-state index is -0.348. The number of hydrogen-bond donors (Lipinski definition) is 1. The Labute approximate surface area is 197 Å². The zero-order valence-corrected chi connectivity index (χ0v) is 19.1. The van der Waals surface area contributed by atoms with Crippen LogP contribution in [0.5, 0.6) is 17.4 Å². The molecule has 0 saturated heterocycles. The number of hydrogen-bond acceptors (Lipinski definition) is 5. The third-order valence-electron chi connectivity index (χ3n) is 5.34. The van der Waals surface area contributed by atoms with Gasteiger partial charge in [0, 0.05) is 12.0 Å². The van der Waals surface area contributed by atoms with Gasteiger partial charge in [-0.1, -0.05) is 6.92 Å². The molecule has 0 aliphatic carbocycles. The summed E-state index contributed by atoms with van der Waals surface area (Å²) < 4.78 is 31.9. The molecular weight excluding hydrogens is 437 g/mol. The average molecular weight is 464 g/mol. The van der Waals surface area contributed by atoms with Crippen molar-refractivity contribution in [2.45, 2.75) is 32.7 Å². The quantitative estimate of drug-likeness (QED) is 0.349. The van der Waals surface area contributed by atoms with Crippen LogP contribution >= 0.6 is 0 Å². The van der Waals surface area contributed by atoms with Crippen LogP contribution in [-0.2, 0) is 24.2 Å². The van der Waals surface area contributed by atoms with Crippen LogP contribution in [0.15, 0.2) is 71.3 Å². The van der Waals surface area contributed by atoms with Gasteiger partial charge in [-0.15, -0.1) is 0 Å². The van der Waals surface area contributed by atoms with E-state index in [1.54, 1.807) is 36.3 Å². The fourth-order valence-corrected chi connectivity index (χ4v) is 3.56. The van der Waals surface area contributed by atoms with Gasteiger partial charge in [0.1, 0.15) is 23.1 Å². The number of ether oxygens (including phenoxy) is 2. The molecule has 2 aromatic carbocycles. The molecule has 0 aliphatic heterocycles. The van der Waals surface area contributed by atoms with E-state index in [-0.39, 0.29) is 18.1 Å². The van der Waals surface area contributed by atoms with Crippen molar-refractivity contribution in [2.24, 2.45) is 0 Å². The molecule has 0 fully saturated rings. The molecule has 2 heterocycles. The van der Waals surface area contributed by atoms with Gasteiger partial charge in [-0.05, 0) is 73.5 Å². The second-order valence-corrected chi connectivity index (χ2v) is 7.61. The summed E-state index contributed by atoms with van der Waals surface area (Å²) in [6.07, 6.45) is 2.91. The highest BCUT2D eigenvalue weighted by molar-refractivity contribution is 5.76. The Kier molecular flexibility index (Phi) is 7.27. The van der Waals surface area contributed by atoms with Crippen molar-refractivity contribution in [3.63, 3.8) is 0 Å². The first-order chi connectivity index (χ1) is 16.6. The third-order valence-corrected chi connectivity index (χ3v) is 5.34. The summed E-state index contributed by atoms with van der Waals surface area (Å²) in [6, 6.07) is 16.8. The summed E-state index contributed by atoms with van der Waals surface area (Å²) >= 11 is 0. The van der Waals surface area contributed by atoms with Crippen LogP contribution < -0.4 is 14.8 Å². The van der Waals surface area contributed by atoms with E-state index in [9.17, 15) is 9.18 Å². The van der Waals surface area contributed by atoms with E-state index in [2.05, 4.69) is 5.32 Å². The first-order valence-corrected chi connectivity index (χ1v) is 11.0. The van der Waals surface area contributed by atoms with Crippen LogP contribution in [0.25, 0.3) is 5.69 Å². The molecule has 0 atom stereocenters. The molecule has 0 unspecified atom stereocenters. The molecule has 8 heteroatoms. The highest BCUT2D eigenvalue weighted by Gasteiger charge is 2.21. The predicted molar refractivity (Wildman–Crippen MR) is 125 cm³/mol. The third kappa shape index (κ3) is 5.46. The van der Waals surface area contributed by atoms with Crippen LogP contribution in [0.2, 0.25) is 0 Å². The maximum atomic E-state index is 13.4. The lowest BCUT2D eigenvalue weighted by atomic mass is 10.1. The monoisotopic (exact) mass is 463 g/mol. The normalized spacial score (nSPS) is 10.8. The van der Waals surface area contributed by atoms with Gasteiger partial charge in [0.15, 0.2) is 0 Å². The topological polar surface area (TPSA) is 78.5 Å². The molecule has 0 radical (unpaired) electrons. The lowest BCUT2D eigenvalue weighted by Crippen LogP contribution is -2.22. The molecule has 0 aliphatic rings. The molecular formula is C26H26FN3O4. The molecule has 0 saturated carbocycles. The van der Waals surface area contributed by atoms with Crippen molar-refractivity contribution in [2.75, 3.05) is 7.11 Å². The molecule has 34 heavy (non-hydrogen) atoms. The fraction of sp³-hybridized carbons (Fsp3) is 0.231. The van der Waals surface area contributed by atoms with Crippen LogP contribution in [0.3, 0.4) is 0 Å². The maximum Gasteiger partial charge on any atom is 0.226 e. The van der Waals surface area contributed by atoms with E-state index in [1.165, 1.54) is 12.1 Å². The highest BCUT2D eigenvalue weighted by atomic mass is 19.1. The number of rotatable bonds is 10. The van der Waals surface area contributed by atoms with Gasteiger partial charge < -0.3 is 19.2 Å². The largest absolute Gasteiger partial charge is 0.497 e. The van der Waals surface area contributed by atoms with Gasteiger partial charge in [0.2, 0.25) is 11.8 Å². The van der Waals surface area contributed by atoms with E-state index < -0.39 is 0 Å². The van der Waals surface area contributed by atoms with E-state index in [0.29, 0.717) is 36.8 Å². The average Bonchev–Trinajstić information content (AvgIpc) is 3.51. The van der Waals surface area contributed by atoms with E-state index in [1.807, 2.05) is 37.3 Å². The molecule has 0 bridgehead atoms. The molecule has 0 spiro atoms. The molecule has 4 aromatic rings. The lowest BCUT2D eigenvalue weighted by molar-refractivity contribution is -0.121. The second kappa shape index (κ2) is 10.7. The van der Waals surface area contributed by atoms with Crippen LogP contribution in [0, 0.1) is 5.82 Å². The summed E-state index contributed by atoms with van der Waals surface area (Å²) in [4.78, 5) is 12.5. The van der Waals surface area contributed by atoms with Gasteiger partial charge in [-0.3, -0.25) is 4.79 Å². The predicted octanol–water partition coefficient (Wildman–Crippen LogP) is 5.22. The second-order valence-electron chi connectivity index (χ2n) is 7.61. The minimum absolute atomic E-state index is 0.108. The number of carbonyl (C=O) groups is 1. The summed E-state index contributed by atoms with van der Waals surface area (Å²) in [5.41, 5.74) is 2.43. The zero-order chi connectivity index (χ0) is 23.9. The highest BCUT2D eigenvalue weighted by Crippen LogP contribution is 2.32. The Hall–Kier alpha value is -4.07. The van der Waals surface area contributed by atoms with Crippen molar-refractivity contribution in [3.05, 3.63) is 89.8 Å². The van der Waals surface area contributed by atoms with Crippen molar-refractivity contribution < 1.29 is 23.1 Å². The van der Waals surface area contributed by atoms with Crippen LogP contribution in [0.4, 0.5) is 4.39 Å². The number of nitrogens with zero attached hydrogens (tertiary/aromatic N) is 2. The number of carbonyl (C=O) groups excluding carboxylic acids is 1. The Bertz CT molecular complexity index is 1220. The van der Waals surface area contributed by atoms with Gasteiger partial charge in [0.25, 0.3) is 0 Å². The first kappa shape index (κ1) is 23.1. The van der Waals surface area contributed by atoms with Crippen molar-refractivity contribution in [1.29, 1.82) is 0 Å². The number of nitrogens with one attached hydrogen (secondary N) is 1. The standard InChI is InChI=1S/C26H26FN3O4/c1-3-24-23(14-15-25(31)28-17-22-5-4-16-33-22)26(34-21-10-6-18(27)7-11-21)30(29-24)19-8-12-20(32-2)13-9-19/h4-13,16H,3,14-15,17H2,1-2H3,(H,28,31). The number of amides is 1. The molecule has 2 aromatic heterocycles. The minimum Gasteiger partial charge on any atom is -0.497 e. The van der Waals surface area contributed by atoms with Gasteiger partial charge in [0.05, 0.1) is 31.3 Å². The van der Waals surface area contributed by atoms with Crippen molar-refractivity contribution >= 4 is 5.91 Å². The lowest BCUT2D eigenvalue weighted by Gasteiger charge is -2.12. The van der Waals surface area contributed by atoms with Crippen LogP contribution in [0.1, 0.15) is 30.4 Å². The molecule has 1 N–H and O–H groups in total. The summed E-state index contributed by atoms with van der Waals surface area (Å²) in [6.45, 7) is 2.33. The first-order valence-electron chi connectivity index (χ1n) is 11.0. The Morgan fingerprint density at radius 1 is 1.09 bits per heavy atom. The molecule has 7 nitrogen and oxygen atoms in total. The zero-order valence-electron chi connectivity index (χ0n) is 19.1. The number of aryl methyl sites for hydroxylation is 1. The Morgan fingerprint density at radius 2 is 1.82 bits per heavy atom. The van der Waals surface area contributed by atoms with E-state index >= 15 is 0 Å².